The van der Waals surface area contributed by atoms with Crippen molar-refractivity contribution in [3.63, 3.8) is 0 Å². The number of methoxy groups -OCH3 is 2. The lowest BCUT2D eigenvalue weighted by molar-refractivity contribution is 0.214. The van der Waals surface area contributed by atoms with E-state index in [1.54, 1.807) is 14.2 Å². The largest absolute Gasteiger partial charge is 0.497 e. The van der Waals surface area contributed by atoms with Gasteiger partial charge in [0.25, 0.3) is 0 Å². The highest BCUT2D eigenvalue weighted by atomic mass is 16.5. The van der Waals surface area contributed by atoms with Crippen LogP contribution < -0.4 is 19.1 Å². The smallest absolute Gasteiger partial charge is 0.120 e. The monoisotopic (exact) mass is 568 g/mol. The zero-order valence-corrected chi connectivity index (χ0v) is 25.7. The summed E-state index contributed by atoms with van der Waals surface area (Å²) in [5.74, 6) is 4.14. The third-order valence-electron chi connectivity index (χ3n) is 9.51. The van der Waals surface area contributed by atoms with E-state index in [0.717, 1.165) is 68.7 Å². The van der Waals surface area contributed by atoms with Crippen LogP contribution in [0, 0.1) is 5.92 Å². The number of aryl methyl sites for hydroxylation is 1. The van der Waals surface area contributed by atoms with E-state index in [4.69, 9.17) is 14.2 Å². The lowest BCUT2D eigenvalue weighted by atomic mass is 9.79. The number of likely N-dealkylation sites (tertiary alicyclic amines) is 1. The molecule has 0 bridgehead atoms. The first-order valence-electron chi connectivity index (χ1n) is 16.2. The maximum absolute atomic E-state index is 6.16. The Morgan fingerprint density at radius 1 is 0.762 bits per heavy atom. The highest BCUT2D eigenvalue weighted by Gasteiger charge is 2.29. The van der Waals surface area contributed by atoms with E-state index in [0.29, 0.717) is 5.92 Å². The summed E-state index contributed by atoms with van der Waals surface area (Å²) in [7, 11) is 3.53. The van der Waals surface area contributed by atoms with Crippen molar-refractivity contribution in [1.29, 1.82) is 0 Å². The summed E-state index contributed by atoms with van der Waals surface area (Å²) in [6, 6.07) is 22.2. The molecular weight excluding hydrogens is 520 g/mol. The first-order chi connectivity index (χ1) is 20.7. The molecule has 1 saturated heterocycles. The van der Waals surface area contributed by atoms with Crippen molar-refractivity contribution in [2.45, 2.75) is 70.3 Å². The topological polar surface area (TPSA) is 34.2 Å². The second-order valence-electron chi connectivity index (χ2n) is 12.6. The van der Waals surface area contributed by atoms with Gasteiger partial charge in [-0.2, -0.15) is 0 Å². The SMILES string of the molecule is COc1ccc2c(c1)CCC(c1ccc(OC)cc1N(Cc1ccc(OCCN3CCCCCC3)cc1)CC1CC1)C2. The van der Waals surface area contributed by atoms with Crippen molar-refractivity contribution in [2.75, 3.05) is 51.9 Å². The van der Waals surface area contributed by atoms with Crippen LogP contribution in [-0.4, -0.2) is 51.9 Å². The second kappa shape index (κ2) is 13.9. The van der Waals surface area contributed by atoms with Crippen LogP contribution in [-0.2, 0) is 19.4 Å². The molecule has 0 N–H and O–H groups in total. The van der Waals surface area contributed by atoms with Crippen molar-refractivity contribution in [3.05, 3.63) is 82.9 Å². The lowest BCUT2D eigenvalue weighted by Crippen LogP contribution is -2.29. The number of anilines is 1. The van der Waals surface area contributed by atoms with Crippen LogP contribution in [0.25, 0.3) is 0 Å². The number of ether oxygens (including phenoxy) is 3. The van der Waals surface area contributed by atoms with E-state index < -0.39 is 0 Å². The molecule has 42 heavy (non-hydrogen) atoms. The number of fused-ring (bicyclic) bond motifs is 1. The fourth-order valence-electron chi connectivity index (χ4n) is 6.82. The van der Waals surface area contributed by atoms with Crippen molar-refractivity contribution in [3.8, 4) is 17.2 Å². The molecule has 3 aromatic rings. The predicted octanol–water partition coefficient (Wildman–Crippen LogP) is 7.65. The Hall–Kier alpha value is -3.18. The van der Waals surface area contributed by atoms with Gasteiger partial charge in [0.05, 0.1) is 14.2 Å². The molecule has 0 radical (unpaired) electrons. The van der Waals surface area contributed by atoms with Crippen LogP contribution in [0.5, 0.6) is 17.2 Å². The number of hydrogen-bond donors (Lipinski definition) is 0. The van der Waals surface area contributed by atoms with Gasteiger partial charge in [0.1, 0.15) is 23.9 Å². The predicted molar refractivity (Wildman–Crippen MR) is 171 cm³/mol. The first kappa shape index (κ1) is 28.9. The molecule has 0 aromatic heterocycles. The molecule has 6 rings (SSSR count). The van der Waals surface area contributed by atoms with Crippen LogP contribution in [0.1, 0.15) is 73.1 Å². The van der Waals surface area contributed by atoms with E-state index in [1.807, 2.05) is 0 Å². The second-order valence-corrected chi connectivity index (χ2v) is 12.6. The van der Waals surface area contributed by atoms with Gasteiger partial charge in [-0.3, -0.25) is 4.90 Å². The van der Waals surface area contributed by atoms with Gasteiger partial charge in [-0.25, -0.2) is 0 Å². The summed E-state index contributed by atoms with van der Waals surface area (Å²) < 4.78 is 17.4. The Kier molecular flexibility index (Phi) is 9.54. The van der Waals surface area contributed by atoms with Crippen LogP contribution in [0.15, 0.2) is 60.7 Å². The van der Waals surface area contributed by atoms with Gasteiger partial charge in [0.15, 0.2) is 0 Å². The van der Waals surface area contributed by atoms with E-state index in [9.17, 15) is 0 Å². The zero-order valence-electron chi connectivity index (χ0n) is 25.7. The van der Waals surface area contributed by atoms with Crippen molar-refractivity contribution < 1.29 is 14.2 Å². The van der Waals surface area contributed by atoms with Crippen molar-refractivity contribution in [1.82, 2.24) is 4.90 Å². The Balaban J connectivity index is 1.16. The summed E-state index contributed by atoms with van der Waals surface area (Å²) in [5.41, 5.74) is 7.00. The minimum atomic E-state index is 0.494. The summed E-state index contributed by atoms with van der Waals surface area (Å²) in [6.45, 7) is 6.20. The number of hydrogen-bond acceptors (Lipinski definition) is 5. The standard InChI is InChI=1S/C37H48N2O3/c1-40-34-16-13-30-23-32(12-11-31(30)24-34)36-18-17-35(41-2)25-37(36)39(26-28-7-8-28)27-29-9-14-33(15-10-29)42-22-21-38-19-5-3-4-6-20-38/h9-10,13-18,24-25,28,32H,3-8,11-12,19-23,26-27H2,1-2H3. The van der Waals surface area contributed by atoms with Crippen LogP contribution >= 0.6 is 0 Å². The minimum absolute atomic E-state index is 0.494. The van der Waals surface area contributed by atoms with Crippen LogP contribution in [0.2, 0.25) is 0 Å². The first-order valence-corrected chi connectivity index (χ1v) is 16.2. The molecule has 2 fully saturated rings. The zero-order chi connectivity index (χ0) is 28.7. The Bertz CT molecular complexity index is 1290. The average molecular weight is 569 g/mol. The number of rotatable bonds is 12. The van der Waals surface area contributed by atoms with E-state index >= 15 is 0 Å². The Morgan fingerprint density at radius 3 is 2.21 bits per heavy atom. The van der Waals surface area contributed by atoms with Gasteiger partial charge in [-0.05, 0) is 122 Å². The third-order valence-corrected chi connectivity index (χ3v) is 9.51. The van der Waals surface area contributed by atoms with Crippen molar-refractivity contribution in [2.24, 2.45) is 5.92 Å². The van der Waals surface area contributed by atoms with Gasteiger partial charge in [0, 0.05) is 31.4 Å². The molecule has 3 aliphatic rings. The van der Waals surface area contributed by atoms with Gasteiger partial charge in [-0.1, -0.05) is 37.1 Å². The highest BCUT2D eigenvalue weighted by molar-refractivity contribution is 5.60. The Morgan fingerprint density at radius 2 is 1.48 bits per heavy atom. The molecule has 5 heteroatoms. The molecule has 3 aromatic carbocycles. The summed E-state index contributed by atoms with van der Waals surface area (Å²) >= 11 is 0. The molecule has 224 valence electrons. The van der Waals surface area contributed by atoms with Crippen molar-refractivity contribution >= 4 is 5.69 Å². The average Bonchev–Trinajstić information content (AvgIpc) is 3.89. The molecule has 2 aliphatic carbocycles. The number of benzene rings is 3. The van der Waals surface area contributed by atoms with Gasteiger partial charge < -0.3 is 19.1 Å². The molecular formula is C37H48N2O3. The maximum Gasteiger partial charge on any atom is 0.120 e. The molecule has 1 atom stereocenters. The van der Waals surface area contributed by atoms with E-state index in [1.165, 1.54) is 79.6 Å². The summed E-state index contributed by atoms with van der Waals surface area (Å²) in [5, 5.41) is 0. The highest BCUT2D eigenvalue weighted by Crippen LogP contribution is 2.42. The third kappa shape index (κ3) is 7.42. The normalized spacial score (nSPS) is 19.0. The molecule has 1 aliphatic heterocycles. The number of nitrogens with zero attached hydrogens (tertiary/aromatic N) is 2. The van der Waals surface area contributed by atoms with E-state index in [2.05, 4.69) is 70.5 Å². The van der Waals surface area contributed by atoms with Crippen LogP contribution in [0.3, 0.4) is 0 Å². The lowest BCUT2D eigenvalue weighted by Gasteiger charge is -2.32. The summed E-state index contributed by atoms with van der Waals surface area (Å²) in [6.07, 6.45) is 11.4. The fourth-order valence-corrected chi connectivity index (χ4v) is 6.82. The maximum atomic E-state index is 6.16. The minimum Gasteiger partial charge on any atom is -0.497 e. The molecule has 0 spiro atoms. The van der Waals surface area contributed by atoms with Crippen LogP contribution in [0.4, 0.5) is 5.69 Å². The molecule has 0 amide bonds. The summed E-state index contributed by atoms with van der Waals surface area (Å²) in [4.78, 5) is 5.18. The molecule has 1 saturated carbocycles. The Labute approximate surface area is 252 Å². The fraction of sp³-hybridized carbons (Fsp3) is 0.514. The van der Waals surface area contributed by atoms with Gasteiger partial charge in [-0.15, -0.1) is 0 Å². The molecule has 1 unspecified atom stereocenters. The van der Waals surface area contributed by atoms with Gasteiger partial charge >= 0.3 is 0 Å². The molecule has 5 nitrogen and oxygen atoms in total. The molecule has 1 heterocycles. The van der Waals surface area contributed by atoms with E-state index in [-0.39, 0.29) is 0 Å². The van der Waals surface area contributed by atoms with Gasteiger partial charge in [0.2, 0.25) is 0 Å². The quantitative estimate of drug-likeness (QED) is 0.224.